The van der Waals surface area contributed by atoms with Crippen molar-refractivity contribution in [2.45, 2.75) is 46.5 Å². The maximum atomic E-state index is 13.3. The number of hydrogen-bond acceptors (Lipinski definition) is 4. The topological polar surface area (TPSA) is 56.3 Å². The van der Waals surface area contributed by atoms with Crippen molar-refractivity contribution in [1.82, 2.24) is 4.98 Å². The van der Waals surface area contributed by atoms with E-state index in [0.717, 1.165) is 47.8 Å². The molecule has 0 spiro atoms. The van der Waals surface area contributed by atoms with E-state index in [2.05, 4.69) is 20.8 Å². The van der Waals surface area contributed by atoms with Gasteiger partial charge in [0.25, 0.3) is 0 Å². The summed E-state index contributed by atoms with van der Waals surface area (Å²) in [6, 6.07) is 16.6. The van der Waals surface area contributed by atoms with Crippen LogP contribution in [0, 0.1) is 11.3 Å². The monoisotopic (exact) mass is 415 g/mol. The van der Waals surface area contributed by atoms with Crippen LogP contribution in [-0.4, -0.2) is 23.3 Å². The van der Waals surface area contributed by atoms with E-state index in [1.165, 1.54) is 0 Å². The SMILES string of the molecule is CCC(C)(C)[C@H]1CCc2nc3ccccc3c(C(=O)OCC(=O)c3ccccc3)c2C1. The molecule has 1 heterocycles. The van der Waals surface area contributed by atoms with Gasteiger partial charge in [0, 0.05) is 16.6 Å². The Hall–Kier alpha value is -3.01. The number of ketones is 1. The minimum Gasteiger partial charge on any atom is -0.454 e. The lowest BCUT2D eigenvalue weighted by atomic mass is 9.68. The Morgan fingerprint density at radius 2 is 1.77 bits per heavy atom. The summed E-state index contributed by atoms with van der Waals surface area (Å²) in [5, 5.41) is 0.799. The Morgan fingerprint density at radius 3 is 2.52 bits per heavy atom. The predicted molar refractivity (Wildman–Crippen MR) is 122 cm³/mol. The molecule has 3 aromatic rings. The quantitative estimate of drug-likeness (QED) is 0.376. The van der Waals surface area contributed by atoms with Gasteiger partial charge in [-0.1, -0.05) is 75.7 Å². The first-order valence-corrected chi connectivity index (χ1v) is 11.1. The Labute approximate surface area is 183 Å². The Bertz CT molecular complexity index is 1120. The maximum Gasteiger partial charge on any atom is 0.339 e. The van der Waals surface area contributed by atoms with Crippen LogP contribution in [0.5, 0.6) is 0 Å². The van der Waals surface area contributed by atoms with E-state index >= 15 is 0 Å². The fourth-order valence-corrected chi connectivity index (χ4v) is 4.49. The summed E-state index contributed by atoms with van der Waals surface area (Å²) in [5.41, 5.74) is 4.10. The van der Waals surface area contributed by atoms with E-state index in [1.54, 1.807) is 24.3 Å². The number of Topliss-reactive ketones (excluding diaryl/α,β-unsaturated/α-hetero) is 1. The van der Waals surface area contributed by atoms with Gasteiger partial charge in [0.15, 0.2) is 12.4 Å². The summed E-state index contributed by atoms with van der Waals surface area (Å²) in [6.07, 6.45) is 3.82. The number of rotatable bonds is 6. The van der Waals surface area contributed by atoms with Crippen molar-refractivity contribution in [3.8, 4) is 0 Å². The van der Waals surface area contributed by atoms with E-state index in [4.69, 9.17) is 9.72 Å². The molecule has 1 atom stereocenters. The van der Waals surface area contributed by atoms with Crippen molar-refractivity contribution >= 4 is 22.7 Å². The van der Waals surface area contributed by atoms with Gasteiger partial charge in [0.1, 0.15) is 0 Å². The highest BCUT2D eigenvalue weighted by Crippen LogP contribution is 2.41. The molecule has 0 N–H and O–H groups in total. The molecular weight excluding hydrogens is 386 g/mol. The molecule has 4 nitrogen and oxygen atoms in total. The third kappa shape index (κ3) is 4.25. The second-order valence-electron chi connectivity index (χ2n) is 9.08. The van der Waals surface area contributed by atoms with Crippen molar-refractivity contribution in [3.05, 3.63) is 77.0 Å². The molecule has 0 radical (unpaired) electrons. The smallest absolute Gasteiger partial charge is 0.339 e. The standard InChI is InChI=1S/C27H29NO3/c1-4-27(2,3)19-14-15-23-21(16-19)25(20-12-8-9-13-22(20)28-23)26(30)31-17-24(29)18-10-6-5-7-11-18/h5-13,19H,4,14-17H2,1-3H3/t19-/m0/s1. The molecule has 1 aromatic heterocycles. The molecule has 160 valence electrons. The normalized spacial score (nSPS) is 16.0. The van der Waals surface area contributed by atoms with Crippen LogP contribution in [0.1, 0.15) is 65.6 Å². The first kappa shape index (κ1) is 21.2. The van der Waals surface area contributed by atoms with Crippen molar-refractivity contribution in [3.63, 3.8) is 0 Å². The Balaban J connectivity index is 1.68. The van der Waals surface area contributed by atoms with Crippen LogP contribution in [0.2, 0.25) is 0 Å². The molecule has 0 aliphatic heterocycles. The van der Waals surface area contributed by atoms with Gasteiger partial charge in [-0.05, 0) is 42.2 Å². The van der Waals surface area contributed by atoms with Crippen molar-refractivity contribution < 1.29 is 14.3 Å². The molecule has 31 heavy (non-hydrogen) atoms. The molecule has 0 bridgehead atoms. The fourth-order valence-electron chi connectivity index (χ4n) is 4.49. The lowest BCUT2D eigenvalue weighted by Crippen LogP contribution is -2.31. The number of carbonyl (C=O) groups excluding carboxylic acids is 2. The van der Waals surface area contributed by atoms with Crippen LogP contribution in [0.25, 0.3) is 10.9 Å². The molecule has 0 fully saturated rings. The predicted octanol–water partition coefficient (Wildman–Crippen LogP) is 5.82. The molecule has 0 amide bonds. The van der Waals surface area contributed by atoms with Gasteiger partial charge in [-0.15, -0.1) is 0 Å². The second kappa shape index (κ2) is 8.62. The number of fused-ring (bicyclic) bond motifs is 2. The molecule has 4 heteroatoms. The van der Waals surface area contributed by atoms with Crippen molar-refractivity contribution in [2.24, 2.45) is 11.3 Å². The number of hydrogen-bond donors (Lipinski definition) is 0. The van der Waals surface area contributed by atoms with Crippen LogP contribution < -0.4 is 0 Å². The first-order valence-electron chi connectivity index (χ1n) is 11.1. The molecule has 2 aromatic carbocycles. The minimum absolute atomic E-state index is 0.188. The van der Waals surface area contributed by atoms with Gasteiger partial charge >= 0.3 is 5.97 Å². The molecule has 1 aliphatic rings. The zero-order valence-corrected chi connectivity index (χ0v) is 18.5. The molecule has 0 saturated heterocycles. The molecule has 0 unspecified atom stereocenters. The van der Waals surface area contributed by atoms with Gasteiger partial charge in [-0.2, -0.15) is 0 Å². The number of ether oxygens (including phenoxy) is 1. The largest absolute Gasteiger partial charge is 0.454 e. The van der Waals surface area contributed by atoms with Gasteiger partial charge in [0.05, 0.1) is 11.1 Å². The summed E-state index contributed by atoms with van der Waals surface area (Å²) in [5.74, 6) is -0.161. The summed E-state index contributed by atoms with van der Waals surface area (Å²) >= 11 is 0. The van der Waals surface area contributed by atoms with E-state index in [9.17, 15) is 9.59 Å². The van der Waals surface area contributed by atoms with Crippen molar-refractivity contribution in [1.29, 1.82) is 0 Å². The number of aryl methyl sites for hydroxylation is 1. The van der Waals surface area contributed by atoms with Crippen molar-refractivity contribution in [2.75, 3.05) is 6.61 Å². The highest BCUT2D eigenvalue weighted by atomic mass is 16.5. The summed E-state index contributed by atoms with van der Waals surface area (Å²) in [4.78, 5) is 30.6. The highest BCUT2D eigenvalue weighted by molar-refractivity contribution is 6.06. The van der Waals surface area contributed by atoms with E-state index in [-0.39, 0.29) is 17.8 Å². The fraction of sp³-hybridized carbons (Fsp3) is 0.370. The van der Waals surface area contributed by atoms with Crippen LogP contribution >= 0.6 is 0 Å². The van der Waals surface area contributed by atoms with Crippen LogP contribution in [0.3, 0.4) is 0 Å². The summed E-state index contributed by atoms with van der Waals surface area (Å²) < 4.78 is 5.55. The molecule has 4 rings (SSSR count). The minimum atomic E-state index is -0.436. The summed E-state index contributed by atoms with van der Waals surface area (Å²) in [7, 11) is 0. The van der Waals surface area contributed by atoms with Crippen LogP contribution in [0.15, 0.2) is 54.6 Å². The van der Waals surface area contributed by atoms with Gasteiger partial charge in [0.2, 0.25) is 0 Å². The third-order valence-corrected chi connectivity index (χ3v) is 6.91. The summed E-state index contributed by atoms with van der Waals surface area (Å²) in [6.45, 7) is 6.55. The second-order valence-corrected chi connectivity index (χ2v) is 9.08. The lowest BCUT2D eigenvalue weighted by Gasteiger charge is -2.37. The van der Waals surface area contributed by atoms with Gasteiger partial charge in [-0.25, -0.2) is 4.79 Å². The Morgan fingerprint density at radius 1 is 1.06 bits per heavy atom. The first-order chi connectivity index (χ1) is 14.9. The number of nitrogens with zero attached hydrogens (tertiary/aromatic N) is 1. The van der Waals surface area contributed by atoms with Gasteiger partial charge in [-0.3, -0.25) is 9.78 Å². The lowest BCUT2D eigenvalue weighted by molar-refractivity contribution is 0.0474. The molecular formula is C27H29NO3. The van der Waals surface area contributed by atoms with E-state index in [1.807, 2.05) is 30.3 Å². The zero-order valence-electron chi connectivity index (χ0n) is 18.5. The maximum absolute atomic E-state index is 13.3. The molecule has 0 saturated carbocycles. The van der Waals surface area contributed by atoms with Crippen LogP contribution in [0.4, 0.5) is 0 Å². The average molecular weight is 416 g/mol. The van der Waals surface area contributed by atoms with Gasteiger partial charge < -0.3 is 4.74 Å². The number of benzene rings is 2. The number of aromatic nitrogens is 1. The number of pyridine rings is 1. The average Bonchev–Trinajstić information content (AvgIpc) is 2.80. The Kier molecular flexibility index (Phi) is 5.90. The highest BCUT2D eigenvalue weighted by Gasteiger charge is 2.34. The molecule has 1 aliphatic carbocycles. The van der Waals surface area contributed by atoms with E-state index in [0.29, 0.717) is 17.0 Å². The number of para-hydroxylation sites is 1. The van der Waals surface area contributed by atoms with Crippen LogP contribution in [-0.2, 0) is 17.6 Å². The zero-order chi connectivity index (χ0) is 22.0. The number of esters is 1. The van der Waals surface area contributed by atoms with E-state index < -0.39 is 5.97 Å². The third-order valence-electron chi connectivity index (χ3n) is 6.91. The number of carbonyl (C=O) groups is 2.